The van der Waals surface area contributed by atoms with E-state index >= 15 is 0 Å². The van der Waals surface area contributed by atoms with Gasteiger partial charge in [-0.25, -0.2) is 4.68 Å². The maximum Gasteiger partial charge on any atom is 0.127 e. The molecule has 0 saturated heterocycles. The number of rotatable bonds is 4. The number of aromatic nitrogens is 2. The van der Waals surface area contributed by atoms with Crippen molar-refractivity contribution in [2.75, 3.05) is 5.73 Å². The average Bonchev–Trinajstić information content (AvgIpc) is 2.68. The lowest BCUT2D eigenvalue weighted by Crippen LogP contribution is -2.02. The molecule has 0 saturated carbocycles. The normalized spacial score (nSPS) is 10.7. The molecule has 17 heavy (non-hydrogen) atoms. The summed E-state index contributed by atoms with van der Waals surface area (Å²) in [6, 6.07) is 10.2. The van der Waals surface area contributed by atoms with Gasteiger partial charge in [0, 0.05) is 6.07 Å². The minimum Gasteiger partial charge on any atom is -0.384 e. The van der Waals surface area contributed by atoms with Crippen molar-refractivity contribution in [3.63, 3.8) is 0 Å². The van der Waals surface area contributed by atoms with Gasteiger partial charge in [0.15, 0.2) is 0 Å². The highest BCUT2D eigenvalue weighted by Gasteiger charge is 2.06. The van der Waals surface area contributed by atoms with E-state index in [4.69, 9.17) is 5.73 Å². The van der Waals surface area contributed by atoms with Gasteiger partial charge in [-0.2, -0.15) is 5.10 Å². The van der Waals surface area contributed by atoms with Crippen molar-refractivity contribution in [3.05, 3.63) is 41.6 Å². The highest BCUT2D eigenvalue weighted by atomic mass is 15.3. The number of nitrogens with two attached hydrogens (primary N) is 1. The average molecular weight is 229 g/mol. The summed E-state index contributed by atoms with van der Waals surface area (Å²) >= 11 is 0. The van der Waals surface area contributed by atoms with Gasteiger partial charge in [0.25, 0.3) is 0 Å². The number of hydrogen-bond donors (Lipinski definition) is 1. The number of anilines is 1. The van der Waals surface area contributed by atoms with E-state index in [0.717, 1.165) is 24.2 Å². The second kappa shape index (κ2) is 5.04. The van der Waals surface area contributed by atoms with Crippen molar-refractivity contribution in [1.82, 2.24) is 9.78 Å². The fourth-order valence-corrected chi connectivity index (χ4v) is 1.89. The Bertz CT molecular complexity index is 500. The molecule has 2 N–H and O–H groups in total. The lowest BCUT2D eigenvalue weighted by atomic mass is 10.2. The SMILES string of the molecule is CCCCc1cc(N)n(-c2cccc(C)c2)n1. The van der Waals surface area contributed by atoms with Gasteiger partial charge in [0.1, 0.15) is 5.82 Å². The summed E-state index contributed by atoms with van der Waals surface area (Å²) in [6.07, 6.45) is 3.33. The summed E-state index contributed by atoms with van der Waals surface area (Å²) in [7, 11) is 0. The number of benzene rings is 1. The van der Waals surface area contributed by atoms with Crippen molar-refractivity contribution >= 4 is 5.82 Å². The monoisotopic (exact) mass is 229 g/mol. The van der Waals surface area contributed by atoms with Gasteiger partial charge in [-0.15, -0.1) is 0 Å². The third kappa shape index (κ3) is 2.67. The number of aryl methyl sites for hydroxylation is 2. The summed E-state index contributed by atoms with van der Waals surface area (Å²) in [5.41, 5.74) is 9.32. The molecular weight excluding hydrogens is 210 g/mol. The van der Waals surface area contributed by atoms with Crippen LogP contribution in [0.4, 0.5) is 5.82 Å². The van der Waals surface area contributed by atoms with Crippen LogP contribution in [0.1, 0.15) is 31.0 Å². The zero-order chi connectivity index (χ0) is 12.3. The maximum atomic E-state index is 6.00. The van der Waals surface area contributed by atoms with E-state index < -0.39 is 0 Å². The van der Waals surface area contributed by atoms with Gasteiger partial charge < -0.3 is 5.73 Å². The summed E-state index contributed by atoms with van der Waals surface area (Å²) < 4.78 is 1.82. The molecule has 1 aromatic carbocycles. The van der Waals surface area contributed by atoms with E-state index in [1.165, 1.54) is 12.0 Å². The molecule has 0 atom stereocenters. The first-order valence-corrected chi connectivity index (χ1v) is 6.12. The van der Waals surface area contributed by atoms with Gasteiger partial charge in [0.2, 0.25) is 0 Å². The van der Waals surface area contributed by atoms with Gasteiger partial charge in [-0.1, -0.05) is 25.5 Å². The predicted octanol–water partition coefficient (Wildman–Crippen LogP) is 3.11. The van der Waals surface area contributed by atoms with Crippen LogP contribution in [0, 0.1) is 6.92 Å². The van der Waals surface area contributed by atoms with Gasteiger partial charge >= 0.3 is 0 Å². The van der Waals surface area contributed by atoms with Crippen molar-refractivity contribution in [1.29, 1.82) is 0 Å². The lowest BCUT2D eigenvalue weighted by molar-refractivity contribution is 0.753. The van der Waals surface area contributed by atoms with Crippen LogP contribution in [-0.4, -0.2) is 9.78 Å². The number of nitrogens with zero attached hydrogens (tertiary/aromatic N) is 2. The van der Waals surface area contributed by atoms with Crippen LogP contribution >= 0.6 is 0 Å². The molecule has 0 unspecified atom stereocenters. The summed E-state index contributed by atoms with van der Waals surface area (Å²) in [6.45, 7) is 4.25. The molecule has 0 fully saturated rings. The first-order valence-electron chi connectivity index (χ1n) is 6.12. The Morgan fingerprint density at radius 2 is 2.12 bits per heavy atom. The van der Waals surface area contributed by atoms with Crippen molar-refractivity contribution in [2.24, 2.45) is 0 Å². The van der Waals surface area contributed by atoms with Crippen LogP contribution in [0.3, 0.4) is 0 Å². The standard InChI is InChI=1S/C14H19N3/c1-3-4-7-12-10-14(15)17(16-12)13-8-5-6-11(2)9-13/h5-6,8-10H,3-4,7,15H2,1-2H3. The minimum atomic E-state index is 0.710. The van der Waals surface area contributed by atoms with Crippen LogP contribution in [0.15, 0.2) is 30.3 Å². The highest BCUT2D eigenvalue weighted by molar-refractivity contribution is 5.44. The van der Waals surface area contributed by atoms with E-state index in [0.29, 0.717) is 5.82 Å². The fourth-order valence-electron chi connectivity index (χ4n) is 1.89. The molecule has 0 aliphatic heterocycles. The Balaban J connectivity index is 2.29. The molecule has 1 heterocycles. The Labute approximate surface area is 102 Å². The molecule has 3 heteroatoms. The van der Waals surface area contributed by atoms with Crippen LogP contribution in [0.25, 0.3) is 5.69 Å². The molecule has 3 nitrogen and oxygen atoms in total. The lowest BCUT2D eigenvalue weighted by Gasteiger charge is -2.04. The first kappa shape index (κ1) is 11.7. The molecule has 0 bridgehead atoms. The number of hydrogen-bond acceptors (Lipinski definition) is 2. The van der Waals surface area contributed by atoms with E-state index in [1.807, 2.05) is 22.9 Å². The molecule has 2 aromatic rings. The predicted molar refractivity (Wildman–Crippen MR) is 71.3 cm³/mol. The molecule has 1 aromatic heterocycles. The van der Waals surface area contributed by atoms with Crippen molar-refractivity contribution in [3.8, 4) is 5.69 Å². The summed E-state index contributed by atoms with van der Waals surface area (Å²) in [4.78, 5) is 0. The zero-order valence-corrected chi connectivity index (χ0v) is 10.5. The van der Waals surface area contributed by atoms with E-state index in [9.17, 15) is 0 Å². The van der Waals surface area contributed by atoms with Crippen LogP contribution in [-0.2, 0) is 6.42 Å². The fraction of sp³-hybridized carbons (Fsp3) is 0.357. The highest BCUT2D eigenvalue weighted by Crippen LogP contribution is 2.16. The first-order chi connectivity index (χ1) is 8.20. The molecule has 0 radical (unpaired) electrons. The second-order valence-electron chi connectivity index (χ2n) is 4.41. The molecular formula is C14H19N3. The Morgan fingerprint density at radius 3 is 2.82 bits per heavy atom. The topological polar surface area (TPSA) is 43.8 Å². The van der Waals surface area contributed by atoms with Gasteiger partial charge in [-0.05, 0) is 37.5 Å². The van der Waals surface area contributed by atoms with Crippen molar-refractivity contribution < 1.29 is 0 Å². The van der Waals surface area contributed by atoms with E-state index in [-0.39, 0.29) is 0 Å². The van der Waals surface area contributed by atoms with Crippen LogP contribution < -0.4 is 5.73 Å². The molecule has 0 aliphatic rings. The van der Waals surface area contributed by atoms with Crippen LogP contribution in [0.5, 0.6) is 0 Å². The molecule has 0 spiro atoms. The summed E-state index contributed by atoms with van der Waals surface area (Å²) in [5.74, 6) is 0.710. The molecule has 0 amide bonds. The van der Waals surface area contributed by atoms with E-state index in [1.54, 1.807) is 0 Å². The maximum absolute atomic E-state index is 6.00. The number of nitrogen functional groups attached to an aromatic ring is 1. The Kier molecular flexibility index (Phi) is 3.47. The molecule has 0 aliphatic carbocycles. The second-order valence-corrected chi connectivity index (χ2v) is 4.41. The minimum absolute atomic E-state index is 0.710. The largest absolute Gasteiger partial charge is 0.384 e. The quantitative estimate of drug-likeness (QED) is 0.875. The third-order valence-electron chi connectivity index (χ3n) is 2.82. The smallest absolute Gasteiger partial charge is 0.127 e. The molecule has 90 valence electrons. The zero-order valence-electron chi connectivity index (χ0n) is 10.5. The summed E-state index contributed by atoms with van der Waals surface area (Å²) in [5, 5.41) is 4.55. The Morgan fingerprint density at radius 1 is 1.29 bits per heavy atom. The Hall–Kier alpha value is -1.77. The van der Waals surface area contributed by atoms with Gasteiger partial charge in [0.05, 0.1) is 11.4 Å². The van der Waals surface area contributed by atoms with Gasteiger partial charge in [-0.3, -0.25) is 0 Å². The van der Waals surface area contributed by atoms with Crippen molar-refractivity contribution in [2.45, 2.75) is 33.1 Å². The number of unbranched alkanes of at least 4 members (excludes halogenated alkanes) is 1. The molecule has 2 rings (SSSR count). The van der Waals surface area contributed by atoms with E-state index in [2.05, 4.69) is 31.1 Å². The third-order valence-corrected chi connectivity index (χ3v) is 2.82. The van der Waals surface area contributed by atoms with Crippen LogP contribution in [0.2, 0.25) is 0 Å².